The molecule has 0 aliphatic carbocycles. The Bertz CT molecular complexity index is 345. The molecule has 3 heteroatoms. The molecule has 1 aliphatic rings. The molecule has 1 fully saturated rings. The van der Waals surface area contributed by atoms with Gasteiger partial charge in [0.15, 0.2) is 0 Å². The Kier molecular flexibility index (Phi) is 4.11. The molecule has 1 unspecified atom stereocenters. The third-order valence-corrected chi connectivity index (χ3v) is 3.71. The van der Waals surface area contributed by atoms with E-state index in [-0.39, 0.29) is 0 Å². The summed E-state index contributed by atoms with van der Waals surface area (Å²) in [4.78, 5) is 11.5. The predicted molar refractivity (Wildman–Crippen MR) is 70.1 cm³/mol. The average Bonchev–Trinajstić information content (AvgIpc) is 2.55. The van der Waals surface area contributed by atoms with E-state index >= 15 is 0 Å². The maximum atomic E-state index is 4.53. The zero-order valence-electron chi connectivity index (χ0n) is 11.2. The number of likely N-dealkylation sites (tertiary alicyclic amines) is 1. The summed E-state index contributed by atoms with van der Waals surface area (Å²) >= 11 is 0. The lowest BCUT2D eigenvalue weighted by atomic mass is 9.97. The van der Waals surface area contributed by atoms with Crippen LogP contribution in [0.25, 0.3) is 0 Å². The summed E-state index contributed by atoms with van der Waals surface area (Å²) in [5.74, 6) is 0.604. The fourth-order valence-corrected chi connectivity index (χ4v) is 2.54. The number of rotatable bonds is 2. The zero-order valence-corrected chi connectivity index (χ0v) is 11.2. The van der Waals surface area contributed by atoms with Gasteiger partial charge in [-0.05, 0) is 53.1 Å². The summed E-state index contributed by atoms with van der Waals surface area (Å²) < 4.78 is 0. The van der Waals surface area contributed by atoms with Crippen molar-refractivity contribution >= 4 is 0 Å². The minimum Gasteiger partial charge on any atom is -0.301 e. The molecule has 0 spiro atoms. The van der Waals surface area contributed by atoms with Gasteiger partial charge in [0.2, 0.25) is 0 Å². The maximum absolute atomic E-state index is 4.53. The van der Waals surface area contributed by atoms with E-state index in [1.165, 1.54) is 38.0 Å². The van der Waals surface area contributed by atoms with E-state index < -0.39 is 0 Å². The van der Waals surface area contributed by atoms with Crippen LogP contribution < -0.4 is 0 Å². The van der Waals surface area contributed by atoms with Crippen LogP contribution in [0, 0.1) is 6.92 Å². The summed E-state index contributed by atoms with van der Waals surface area (Å²) in [6.07, 6.45) is 7.60. The lowest BCUT2D eigenvalue weighted by molar-refractivity contribution is 0.230. The van der Waals surface area contributed by atoms with E-state index in [0.717, 1.165) is 5.69 Å². The molecule has 0 N–H and O–H groups in total. The van der Waals surface area contributed by atoms with Crippen molar-refractivity contribution in [3.63, 3.8) is 0 Å². The number of hydrogen-bond donors (Lipinski definition) is 0. The van der Waals surface area contributed by atoms with Gasteiger partial charge in [-0.25, -0.2) is 0 Å². The van der Waals surface area contributed by atoms with Gasteiger partial charge in [-0.15, -0.1) is 0 Å². The van der Waals surface area contributed by atoms with Crippen LogP contribution in [0.2, 0.25) is 0 Å². The van der Waals surface area contributed by atoms with Gasteiger partial charge in [0, 0.05) is 24.4 Å². The molecule has 1 aromatic heterocycles. The predicted octanol–water partition coefficient (Wildman–Crippen LogP) is 2.76. The van der Waals surface area contributed by atoms with Crippen LogP contribution in [-0.2, 0) is 0 Å². The molecule has 0 amide bonds. The van der Waals surface area contributed by atoms with E-state index in [4.69, 9.17) is 0 Å². The molecule has 0 bridgehead atoms. The lowest BCUT2D eigenvalue weighted by Gasteiger charge is -2.24. The Hall–Kier alpha value is -0.960. The van der Waals surface area contributed by atoms with Crippen molar-refractivity contribution in [3.05, 3.63) is 23.8 Å². The highest BCUT2D eigenvalue weighted by atomic mass is 15.1. The highest BCUT2D eigenvalue weighted by Crippen LogP contribution is 2.26. The minimum absolute atomic E-state index is 0.604. The monoisotopic (exact) mass is 233 g/mol. The van der Waals surface area contributed by atoms with Gasteiger partial charge in [0.1, 0.15) is 0 Å². The van der Waals surface area contributed by atoms with Crippen molar-refractivity contribution in [2.75, 3.05) is 13.1 Å². The molecule has 2 heterocycles. The Morgan fingerprint density at radius 1 is 1.18 bits per heavy atom. The summed E-state index contributed by atoms with van der Waals surface area (Å²) in [5, 5.41) is 0. The number of aryl methyl sites for hydroxylation is 1. The second kappa shape index (κ2) is 5.58. The fourth-order valence-electron chi connectivity index (χ4n) is 2.54. The molecule has 1 aliphatic heterocycles. The van der Waals surface area contributed by atoms with Crippen molar-refractivity contribution < 1.29 is 0 Å². The van der Waals surface area contributed by atoms with Crippen molar-refractivity contribution in [2.45, 2.75) is 52.0 Å². The fraction of sp³-hybridized carbons (Fsp3) is 0.714. The second-order valence-electron chi connectivity index (χ2n) is 5.34. The molecule has 94 valence electrons. The van der Waals surface area contributed by atoms with E-state index in [9.17, 15) is 0 Å². The van der Waals surface area contributed by atoms with Crippen molar-refractivity contribution in [1.82, 2.24) is 14.9 Å². The Morgan fingerprint density at radius 2 is 2.00 bits per heavy atom. The van der Waals surface area contributed by atoms with E-state index in [1.54, 1.807) is 0 Å². The summed E-state index contributed by atoms with van der Waals surface area (Å²) in [6, 6.07) is 0.665. The van der Waals surface area contributed by atoms with Crippen molar-refractivity contribution in [3.8, 4) is 0 Å². The van der Waals surface area contributed by atoms with Gasteiger partial charge < -0.3 is 4.90 Å². The van der Waals surface area contributed by atoms with Crippen LogP contribution in [-0.4, -0.2) is 34.0 Å². The van der Waals surface area contributed by atoms with Crippen LogP contribution in [0.15, 0.2) is 12.4 Å². The average molecular weight is 233 g/mol. The quantitative estimate of drug-likeness (QED) is 0.786. The molecule has 1 atom stereocenters. The van der Waals surface area contributed by atoms with Crippen LogP contribution in [0.1, 0.15) is 50.4 Å². The smallest absolute Gasteiger partial charge is 0.0618 e. The summed E-state index contributed by atoms with van der Waals surface area (Å²) in [5.41, 5.74) is 2.19. The molecule has 0 aromatic carbocycles. The van der Waals surface area contributed by atoms with E-state index in [2.05, 4.69) is 28.7 Å². The summed E-state index contributed by atoms with van der Waals surface area (Å²) in [7, 11) is 0. The van der Waals surface area contributed by atoms with Crippen LogP contribution in [0.4, 0.5) is 0 Å². The Morgan fingerprint density at radius 3 is 2.65 bits per heavy atom. The normalized spacial score (nSPS) is 22.7. The molecular weight excluding hydrogens is 210 g/mol. The van der Waals surface area contributed by atoms with E-state index in [0.29, 0.717) is 12.0 Å². The Balaban J connectivity index is 2.01. The van der Waals surface area contributed by atoms with Crippen molar-refractivity contribution in [1.29, 1.82) is 0 Å². The minimum atomic E-state index is 0.604. The number of nitrogens with zero attached hydrogens (tertiary/aromatic N) is 3. The van der Waals surface area contributed by atoms with E-state index in [1.807, 2.05) is 19.3 Å². The molecular formula is C14H23N3. The zero-order chi connectivity index (χ0) is 12.3. The highest BCUT2D eigenvalue weighted by molar-refractivity contribution is 5.07. The molecule has 1 saturated heterocycles. The first-order valence-corrected chi connectivity index (χ1v) is 6.69. The Labute approximate surface area is 104 Å². The van der Waals surface area contributed by atoms with Gasteiger partial charge >= 0.3 is 0 Å². The molecule has 0 saturated carbocycles. The van der Waals surface area contributed by atoms with Crippen LogP contribution in [0.5, 0.6) is 0 Å². The maximum Gasteiger partial charge on any atom is 0.0618 e. The van der Waals surface area contributed by atoms with Crippen LogP contribution >= 0.6 is 0 Å². The third-order valence-electron chi connectivity index (χ3n) is 3.71. The number of hydrogen-bond acceptors (Lipinski definition) is 3. The highest BCUT2D eigenvalue weighted by Gasteiger charge is 2.20. The van der Waals surface area contributed by atoms with Crippen molar-refractivity contribution in [2.24, 2.45) is 0 Å². The van der Waals surface area contributed by atoms with Gasteiger partial charge in [-0.1, -0.05) is 0 Å². The largest absolute Gasteiger partial charge is 0.301 e. The molecule has 2 rings (SSSR count). The van der Waals surface area contributed by atoms with Gasteiger partial charge in [0.25, 0.3) is 0 Å². The molecule has 17 heavy (non-hydrogen) atoms. The molecule has 1 aromatic rings. The number of aromatic nitrogens is 2. The first kappa shape index (κ1) is 12.5. The third kappa shape index (κ3) is 3.25. The second-order valence-corrected chi connectivity index (χ2v) is 5.34. The molecule has 3 nitrogen and oxygen atoms in total. The van der Waals surface area contributed by atoms with Gasteiger partial charge in [0.05, 0.1) is 11.4 Å². The van der Waals surface area contributed by atoms with Gasteiger partial charge in [-0.3, -0.25) is 9.97 Å². The SMILES string of the molecule is Cc1cnc(C2CCCN(C(C)C)CC2)cn1. The first-order valence-electron chi connectivity index (χ1n) is 6.69. The standard InChI is InChI=1S/C14H23N3/c1-11(2)17-7-4-5-13(6-8-17)14-10-15-12(3)9-16-14/h9-11,13H,4-8H2,1-3H3. The topological polar surface area (TPSA) is 29.0 Å². The lowest BCUT2D eigenvalue weighted by Crippen LogP contribution is -2.31. The van der Waals surface area contributed by atoms with Crippen LogP contribution in [0.3, 0.4) is 0 Å². The molecule has 0 radical (unpaired) electrons. The summed E-state index contributed by atoms with van der Waals surface area (Å²) in [6.45, 7) is 8.98. The van der Waals surface area contributed by atoms with Gasteiger partial charge in [-0.2, -0.15) is 0 Å². The first-order chi connectivity index (χ1) is 8.16.